The van der Waals surface area contributed by atoms with Crippen LogP contribution in [0.3, 0.4) is 0 Å². The maximum absolute atomic E-state index is 12.5. The third kappa shape index (κ3) is 4.22. The van der Waals surface area contributed by atoms with E-state index in [0.717, 1.165) is 42.0 Å². The maximum atomic E-state index is 12.5. The zero-order valence-corrected chi connectivity index (χ0v) is 16.2. The van der Waals surface area contributed by atoms with Gasteiger partial charge in [0.25, 0.3) is 5.91 Å². The summed E-state index contributed by atoms with van der Waals surface area (Å²) in [6.07, 6.45) is 1.07. The summed E-state index contributed by atoms with van der Waals surface area (Å²) in [7, 11) is 0. The number of halogens is 1. The van der Waals surface area contributed by atoms with E-state index in [4.69, 9.17) is 4.74 Å². The predicted octanol–water partition coefficient (Wildman–Crippen LogP) is 4.48. The van der Waals surface area contributed by atoms with E-state index < -0.39 is 0 Å². The van der Waals surface area contributed by atoms with Gasteiger partial charge >= 0.3 is 0 Å². The monoisotopic (exact) mass is 402 g/mol. The second-order valence-electron chi connectivity index (χ2n) is 6.13. The molecule has 132 valence electrons. The van der Waals surface area contributed by atoms with E-state index in [1.165, 1.54) is 11.1 Å². The molecule has 0 unspecified atom stereocenters. The highest BCUT2D eigenvalue weighted by molar-refractivity contribution is 9.10. The van der Waals surface area contributed by atoms with Crippen molar-refractivity contribution in [2.24, 2.45) is 0 Å². The van der Waals surface area contributed by atoms with Crippen LogP contribution in [0.1, 0.15) is 35.3 Å². The number of likely N-dealkylation sites (N-methyl/N-ethyl adjacent to an activating group) is 1. The number of benzene rings is 2. The molecular weight excluding hydrogens is 380 g/mol. The number of hydrogen-bond acceptors (Lipinski definition) is 3. The lowest BCUT2D eigenvalue weighted by molar-refractivity contribution is 0.102. The number of anilines is 1. The van der Waals surface area contributed by atoms with Crippen LogP contribution in [0.25, 0.3) is 0 Å². The van der Waals surface area contributed by atoms with E-state index in [0.29, 0.717) is 12.2 Å². The number of amides is 1. The highest BCUT2D eigenvalue weighted by Gasteiger charge is 2.16. The van der Waals surface area contributed by atoms with Crippen molar-refractivity contribution in [1.29, 1.82) is 0 Å². The zero-order valence-electron chi connectivity index (χ0n) is 14.6. The minimum Gasteiger partial charge on any atom is -0.493 e. The van der Waals surface area contributed by atoms with Gasteiger partial charge in [0.05, 0.1) is 11.1 Å². The van der Waals surface area contributed by atoms with E-state index in [2.05, 4.69) is 45.2 Å². The normalized spacial score (nSPS) is 14.0. The number of nitrogens with zero attached hydrogens (tertiary/aromatic N) is 1. The summed E-state index contributed by atoms with van der Waals surface area (Å²) < 4.78 is 6.27. The van der Waals surface area contributed by atoms with Crippen LogP contribution < -0.4 is 10.1 Å². The second-order valence-corrected chi connectivity index (χ2v) is 6.99. The molecule has 4 nitrogen and oxygen atoms in total. The summed E-state index contributed by atoms with van der Waals surface area (Å²) in [4.78, 5) is 15.0. The van der Waals surface area contributed by atoms with Crippen molar-refractivity contribution < 1.29 is 9.53 Å². The predicted molar refractivity (Wildman–Crippen MR) is 104 cm³/mol. The van der Waals surface area contributed by atoms with Crippen LogP contribution >= 0.6 is 15.9 Å². The van der Waals surface area contributed by atoms with Crippen LogP contribution in [0.15, 0.2) is 40.9 Å². The van der Waals surface area contributed by atoms with Crippen LogP contribution in [0, 0.1) is 0 Å². The van der Waals surface area contributed by atoms with Crippen molar-refractivity contribution in [3.05, 3.63) is 57.6 Å². The summed E-state index contributed by atoms with van der Waals surface area (Å²) >= 11 is 3.46. The van der Waals surface area contributed by atoms with Gasteiger partial charge in [0, 0.05) is 24.3 Å². The first-order valence-electron chi connectivity index (χ1n) is 8.68. The minimum absolute atomic E-state index is 0.119. The summed E-state index contributed by atoms with van der Waals surface area (Å²) in [5.74, 6) is 0.624. The van der Waals surface area contributed by atoms with Gasteiger partial charge in [0.1, 0.15) is 5.75 Å². The second kappa shape index (κ2) is 8.02. The Kier molecular flexibility index (Phi) is 5.76. The van der Waals surface area contributed by atoms with Gasteiger partial charge in [0.2, 0.25) is 0 Å². The fourth-order valence-electron chi connectivity index (χ4n) is 3.08. The highest BCUT2D eigenvalue weighted by Crippen LogP contribution is 2.27. The molecule has 5 heteroatoms. The molecule has 3 rings (SSSR count). The molecular formula is C20H23BrN2O2. The zero-order chi connectivity index (χ0) is 17.8. The number of hydrogen-bond donors (Lipinski definition) is 1. The summed E-state index contributed by atoms with van der Waals surface area (Å²) in [5.41, 5.74) is 4.13. The van der Waals surface area contributed by atoms with Crippen molar-refractivity contribution in [2.75, 3.05) is 25.0 Å². The Labute approximate surface area is 157 Å². The van der Waals surface area contributed by atoms with Gasteiger partial charge in [-0.25, -0.2) is 0 Å². The third-order valence-corrected chi connectivity index (χ3v) is 5.12. The summed E-state index contributed by atoms with van der Waals surface area (Å²) in [6, 6.07) is 11.6. The topological polar surface area (TPSA) is 41.6 Å². The quantitative estimate of drug-likeness (QED) is 0.801. The van der Waals surface area contributed by atoms with Crippen molar-refractivity contribution in [3.63, 3.8) is 0 Å². The molecule has 0 atom stereocenters. The van der Waals surface area contributed by atoms with E-state index in [-0.39, 0.29) is 5.91 Å². The van der Waals surface area contributed by atoms with Crippen molar-refractivity contribution in [1.82, 2.24) is 4.90 Å². The molecule has 2 aromatic carbocycles. The van der Waals surface area contributed by atoms with Crippen LogP contribution in [0.5, 0.6) is 5.75 Å². The molecule has 0 aliphatic carbocycles. The van der Waals surface area contributed by atoms with Gasteiger partial charge in [-0.15, -0.1) is 0 Å². The fourth-order valence-corrected chi connectivity index (χ4v) is 3.57. The van der Waals surface area contributed by atoms with Gasteiger partial charge in [0.15, 0.2) is 0 Å². The molecule has 0 aromatic heterocycles. The molecule has 0 saturated carbocycles. The Balaban J connectivity index is 1.74. The van der Waals surface area contributed by atoms with E-state index in [1.807, 2.05) is 19.1 Å². The van der Waals surface area contributed by atoms with Crippen LogP contribution in [0.2, 0.25) is 0 Å². The van der Waals surface area contributed by atoms with Crippen molar-refractivity contribution in [3.8, 4) is 5.75 Å². The number of ether oxygens (including phenoxy) is 1. The summed E-state index contributed by atoms with van der Waals surface area (Å²) in [6.45, 7) is 7.81. The smallest absolute Gasteiger partial charge is 0.255 e. The number of carbonyl (C=O) groups excluding carboxylic acids is 1. The Morgan fingerprint density at radius 2 is 2.04 bits per heavy atom. The Hall–Kier alpha value is -1.85. The lowest BCUT2D eigenvalue weighted by Crippen LogP contribution is -2.30. The molecule has 0 radical (unpaired) electrons. The van der Waals surface area contributed by atoms with Crippen molar-refractivity contribution >= 4 is 27.5 Å². The Morgan fingerprint density at radius 3 is 2.76 bits per heavy atom. The highest BCUT2D eigenvalue weighted by atomic mass is 79.9. The van der Waals surface area contributed by atoms with Gasteiger partial charge in [-0.1, -0.05) is 13.0 Å². The molecule has 0 spiro atoms. The molecule has 0 bridgehead atoms. The minimum atomic E-state index is -0.119. The number of rotatable bonds is 5. The Bertz CT molecular complexity index is 776. The first-order valence-corrected chi connectivity index (χ1v) is 9.47. The molecule has 1 aliphatic rings. The number of fused-ring (bicyclic) bond motifs is 1. The SMILES string of the molecule is CCOc1ccc(C(=O)Nc2ccc3c(c2)CN(CC)CC3)cc1Br. The fraction of sp³-hybridized carbons (Fsp3) is 0.350. The van der Waals surface area contributed by atoms with Gasteiger partial charge in [-0.3, -0.25) is 9.69 Å². The molecule has 25 heavy (non-hydrogen) atoms. The van der Waals surface area contributed by atoms with E-state index in [9.17, 15) is 4.79 Å². The third-order valence-electron chi connectivity index (χ3n) is 4.50. The van der Waals surface area contributed by atoms with Crippen molar-refractivity contribution in [2.45, 2.75) is 26.8 Å². The van der Waals surface area contributed by atoms with Gasteiger partial charge in [-0.2, -0.15) is 0 Å². The lowest BCUT2D eigenvalue weighted by Gasteiger charge is -2.27. The van der Waals surface area contributed by atoms with Gasteiger partial charge < -0.3 is 10.1 Å². The molecule has 1 N–H and O–H groups in total. The molecule has 1 heterocycles. The first kappa shape index (κ1) is 18.0. The standard InChI is InChI=1S/C20H23BrN2O2/c1-3-23-10-9-14-5-7-17(11-16(14)13-23)22-20(24)15-6-8-19(25-4-2)18(21)12-15/h5-8,11-12H,3-4,9-10,13H2,1-2H3,(H,22,24). The van der Waals surface area contributed by atoms with E-state index in [1.54, 1.807) is 12.1 Å². The van der Waals surface area contributed by atoms with Crippen LogP contribution in [-0.4, -0.2) is 30.5 Å². The first-order chi connectivity index (χ1) is 12.1. The summed E-state index contributed by atoms with van der Waals surface area (Å²) in [5, 5.41) is 3.00. The number of carbonyl (C=O) groups is 1. The van der Waals surface area contributed by atoms with Gasteiger partial charge in [-0.05, 0) is 77.3 Å². The average molecular weight is 403 g/mol. The molecule has 1 amide bonds. The lowest BCUT2D eigenvalue weighted by atomic mass is 9.99. The van der Waals surface area contributed by atoms with Crippen LogP contribution in [-0.2, 0) is 13.0 Å². The number of nitrogens with one attached hydrogen (secondary N) is 1. The Morgan fingerprint density at radius 1 is 1.20 bits per heavy atom. The van der Waals surface area contributed by atoms with Crippen LogP contribution in [0.4, 0.5) is 5.69 Å². The molecule has 0 saturated heterocycles. The van der Waals surface area contributed by atoms with E-state index >= 15 is 0 Å². The molecule has 2 aromatic rings. The maximum Gasteiger partial charge on any atom is 0.255 e. The molecule has 1 aliphatic heterocycles. The largest absolute Gasteiger partial charge is 0.493 e. The average Bonchev–Trinajstić information content (AvgIpc) is 2.62. The molecule has 0 fully saturated rings.